The maximum atomic E-state index is 13.7. The standard InChI is InChI=1S/C36H34N4O3/c41-34(16-13-25-7-2-1-3-8-25)37-31-20-28(36(43)38-18-17-27-9-4-5-10-29(27)23-38)14-15-33(31)39-21-26-19-30(24-39)32-11-6-12-35(42)40(32)22-26/h1-16,20,26,30H,17-19,21-24H2,(H,37,41). The number of carbonyl (C=O) groups is 2. The van der Waals surface area contributed by atoms with Gasteiger partial charge in [0, 0.05) is 62.0 Å². The van der Waals surface area contributed by atoms with Gasteiger partial charge in [-0.2, -0.15) is 0 Å². The summed E-state index contributed by atoms with van der Waals surface area (Å²) in [5, 5.41) is 3.09. The first-order chi connectivity index (χ1) is 21.0. The van der Waals surface area contributed by atoms with Crippen molar-refractivity contribution in [3.8, 4) is 0 Å². The van der Waals surface area contributed by atoms with E-state index in [2.05, 4.69) is 28.4 Å². The molecule has 1 N–H and O–H groups in total. The zero-order chi connectivity index (χ0) is 29.3. The minimum Gasteiger partial charge on any atom is -0.369 e. The van der Waals surface area contributed by atoms with Crippen LogP contribution in [0.15, 0.2) is 102 Å². The molecule has 2 atom stereocenters. The third kappa shape index (κ3) is 5.50. The number of hydrogen-bond donors (Lipinski definition) is 1. The van der Waals surface area contributed by atoms with Gasteiger partial charge in [-0.25, -0.2) is 0 Å². The molecular weight excluding hydrogens is 536 g/mol. The van der Waals surface area contributed by atoms with Crippen LogP contribution in [0.5, 0.6) is 0 Å². The monoisotopic (exact) mass is 570 g/mol. The van der Waals surface area contributed by atoms with Crippen molar-refractivity contribution in [2.75, 3.05) is 29.9 Å². The Hall–Kier alpha value is -4.91. The van der Waals surface area contributed by atoms with Gasteiger partial charge in [-0.15, -0.1) is 0 Å². The number of hydrogen-bond acceptors (Lipinski definition) is 4. The number of amides is 2. The Balaban J connectivity index is 1.18. The van der Waals surface area contributed by atoms with Crippen LogP contribution in [-0.2, 0) is 24.3 Å². The lowest BCUT2D eigenvalue weighted by Crippen LogP contribution is -2.47. The summed E-state index contributed by atoms with van der Waals surface area (Å²) in [6, 6.07) is 29.2. The highest BCUT2D eigenvalue weighted by molar-refractivity contribution is 6.05. The van der Waals surface area contributed by atoms with Crippen LogP contribution in [0.25, 0.3) is 6.08 Å². The van der Waals surface area contributed by atoms with Crippen molar-refractivity contribution in [1.29, 1.82) is 0 Å². The lowest BCUT2D eigenvalue weighted by Gasteiger charge is -2.44. The molecule has 4 aromatic rings. The Labute approximate surface area is 251 Å². The van der Waals surface area contributed by atoms with Crippen molar-refractivity contribution in [1.82, 2.24) is 9.47 Å². The molecule has 4 heterocycles. The Morgan fingerprint density at radius 3 is 2.51 bits per heavy atom. The fourth-order valence-electron chi connectivity index (χ4n) is 6.90. The third-order valence-electron chi connectivity index (χ3n) is 8.97. The van der Waals surface area contributed by atoms with Crippen LogP contribution < -0.4 is 15.8 Å². The molecule has 0 saturated carbocycles. The number of rotatable bonds is 5. The summed E-state index contributed by atoms with van der Waals surface area (Å²) in [7, 11) is 0. The highest BCUT2D eigenvalue weighted by Crippen LogP contribution is 2.39. The van der Waals surface area contributed by atoms with E-state index in [0.29, 0.717) is 36.8 Å². The van der Waals surface area contributed by atoms with Crippen molar-refractivity contribution in [3.63, 3.8) is 0 Å². The van der Waals surface area contributed by atoms with E-state index in [-0.39, 0.29) is 23.3 Å². The molecule has 216 valence electrons. The molecule has 3 aliphatic rings. The molecule has 1 aromatic heterocycles. The van der Waals surface area contributed by atoms with E-state index in [1.807, 2.05) is 76.2 Å². The van der Waals surface area contributed by atoms with E-state index < -0.39 is 0 Å². The second-order valence-corrected chi connectivity index (χ2v) is 11.8. The van der Waals surface area contributed by atoms with Gasteiger partial charge in [0.2, 0.25) is 5.91 Å². The number of aromatic nitrogens is 1. The number of benzene rings is 3. The molecule has 3 aliphatic heterocycles. The number of pyridine rings is 1. The van der Waals surface area contributed by atoms with Gasteiger partial charge in [0.1, 0.15) is 0 Å². The molecule has 2 unspecified atom stereocenters. The van der Waals surface area contributed by atoms with Crippen LogP contribution in [-0.4, -0.2) is 40.9 Å². The van der Waals surface area contributed by atoms with E-state index in [4.69, 9.17) is 0 Å². The van der Waals surface area contributed by atoms with E-state index >= 15 is 0 Å². The molecule has 0 radical (unpaired) electrons. The Morgan fingerprint density at radius 1 is 0.837 bits per heavy atom. The van der Waals surface area contributed by atoms with Crippen molar-refractivity contribution in [2.24, 2.45) is 5.92 Å². The SMILES string of the molecule is O=C(C=Cc1ccccc1)Nc1cc(C(=O)N2CCc3ccccc3C2)ccc1N1CC2CC(C1)c1cccc(=O)n1C2. The summed E-state index contributed by atoms with van der Waals surface area (Å²) < 4.78 is 1.92. The largest absolute Gasteiger partial charge is 0.369 e. The van der Waals surface area contributed by atoms with Crippen molar-refractivity contribution < 1.29 is 9.59 Å². The molecule has 7 nitrogen and oxygen atoms in total. The molecule has 7 heteroatoms. The Morgan fingerprint density at radius 2 is 1.65 bits per heavy atom. The molecule has 3 aromatic carbocycles. The van der Waals surface area contributed by atoms with Gasteiger partial charge < -0.3 is 19.7 Å². The average Bonchev–Trinajstić information content (AvgIpc) is 3.04. The Bertz CT molecular complexity index is 1780. The minimum atomic E-state index is -0.254. The van der Waals surface area contributed by atoms with Crippen molar-refractivity contribution in [2.45, 2.75) is 31.8 Å². The fraction of sp³-hybridized carbons (Fsp3) is 0.250. The van der Waals surface area contributed by atoms with E-state index in [1.165, 1.54) is 17.2 Å². The minimum absolute atomic E-state index is 0.0415. The Kier molecular flexibility index (Phi) is 7.15. The van der Waals surface area contributed by atoms with E-state index in [1.54, 1.807) is 12.1 Å². The number of nitrogens with zero attached hydrogens (tertiary/aromatic N) is 3. The lowest BCUT2D eigenvalue weighted by molar-refractivity contribution is -0.111. The predicted octanol–water partition coefficient (Wildman–Crippen LogP) is 5.32. The normalized spacial score (nSPS) is 19.1. The summed E-state index contributed by atoms with van der Waals surface area (Å²) in [6.45, 7) is 3.44. The first-order valence-corrected chi connectivity index (χ1v) is 15.0. The smallest absolute Gasteiger partial charge is 0.254 e. The summed E-state index contributed by atoms with van der Waals surface area (Å²) in [6.07, 6.45) is 5.18. The summed E-state index contributed by atoms with van der Waals surface area (Å²) in [5.41, 5.74) is 6.60. The van der Waals surface area contributed by atoms with Crippen LogP contribution in [0.2, 0.25) is 0 Å². The van der Waals surface area contributed by atoms with Crippen molar-refractivity contribution in [3.05, 3.63) is 135 Å². The van der Waals surface area contributed by atoms with Gasteiger partial charge in [-0.1, -0.05) is 60.7 Å². The van der Waals surface area contributed by atoms with Gasteiger partial charge in [0.15, 0.2) is 0 Å². The highest BCUT2D eigenvalue weighted by Gasteiger charge is 2.35. The quantitative estimate of drug-likeness (QED) is 0.330. The first kappa shape index (κ1) is 27.0. The predicted molar refractivity (Wildman–Crippen MR) is 169 cm³/mol. The van der Waals surface area contributed by atoms with Crippen LogP contribution in [0, 0.1) is 5.92 Å². The maximum absolute atomic E-state index is 13.7. The molecule has 1 saturated heterocycles. The van der Waals surface area contributed by atoms with Gasteiger partial charge in [0.05, 0.1) is 11.4 Å². The zero-order valence-electron chi connectivity index (χ0n) is 24.0. The number of carbonyl (C=O) groups excluding carboxylic acids is 2. The van der Waals surface area contributed by atoms with Crippen LogP contribution in [0.1, 0.15) is 45.1 Å². The van der Waals surface area contributed by atoms with Gasteiger partial charge in [0.25, 0.3) is 11.5 Å². The molecule has 0 aliphatic carbocycles. The van der Waals surface area contributed by atoms with Gasteiger partial charge in [-0.3, -0.25) is 14.4 Å². The second-order valence-electron chi connectivity index (χ2n) is 11.8. The lowest BCUT2D eigenvalue weighted by atomic mass is 9.83. The van der Waals surface area contributed by atoms with E-state index in [0.717, 1.165) is 42.9 Å². The average molecular weight is 571 g/mol. The first-order valence-electron chi connectivity index (χ1n) is 15.0. The molecule has 7 rings (SSSR count). The topological polar surface area (TPSA) is 74.7 Å². The molecule has 43 heavy (non-hydrogen) atoms. The molecular formula is C36H34N4O3. The highest BCUT2D eigenvalue weighted by atomic mass is 16.2. The fourth-order valence-corrected chi connectivity index (χ4v) is 6.90. The molecule has 2 amide bonds. The number of anilines is 2. The van der Waals surface area contributed by atoms with Crippen molar-refractivity contribution >= 4 is 29.3 Å². The zero-order valence-corrected chi connectivity index (χ0v) is 24.0. The number of piperidine rings is 1. The van der Waals surface area contributed by atoms with Crippen LogP contribution in [0.4, 0.5) is 11.4 Å². The number of nitrogens with one attached hydrogen (secondary N) is 1. The second kappa shape index (κ2) is 11.4. The number of fused-ring (bicyclic) bond motifs is 5. The summed E-state index contributed by atoms with van der Waals surface area (Å²) in [5.74, 6) is 0.246. The van der Waals surface area contributed by atoms with Crippen LogP contribution in [0.3, 0.4) is 0 Å². The van der Waals surface area contributed by atoms with Crippen LogP contribution >= 0.6 is 0 Å². The third-order valence-corrected chi connectivity index (χ3v) is 8.97. The van der Waals surface area contributed by atoms with Gasteiger partial charge >= 0.3 is 0 Å². The molecule has 1 fully saturated rings. The van der Waals surface area contributed by atoms with Gasteiger partial charge in [-0.05, 0) is 65.8 Å². The van der Waals surface area contributed by atoms with E-state index in [9.17, 15) is 14.4 Å². The molecule has 0 spiro atoms. The maximum Gasteiger partial charge on any atom is 0.254 e. The molecule has 2 bridgehead atoms. The summed E-state index contributed by atoms with van der Waals surface area (Å²) >= 11 is 0. The summed E-state index contributed by atoms with van der Waals surface area (Å²) in [4.78, 5) is 43.7.